The summed E-state index contributed by atoms with van der Waals surface area (Å²) in [6.07, 6.45) is 9.82. The minimum absolute atomic E-state index is 0.0156. The summed E-state index contributed by atoms with van der Waals surface area (Å²) in [6, 6.07) is 0. The minimum atomic E-state index is -0.543. The van der Waals surface area contributed by atoms with Gasteiger partial charge >= 0.3 is 5.97 Å². The number of rotatable bonds is 1. The van der Waals surface area contributed by atoms with E-state index < -0.39 is 5.97 Å². The van der Waals surface area contributed by atoms with E-state index in [1.165, 1.54) is 44.9 Å². The van der Waals surface area contributed by atoms with Gasteiger partial charge in [-0.05, 0) is 31.1 Å². The van der Waals surface area contributed by atoms with Crippen molar-refractivity contribution in [2.75, 3.05) is 0 Å². The minimum Gasteiger partial charge on any atom is -0.481 e. The van der Waals surface area contributed by atoms with E-state index in [4.69, 9.17) is 5.11 Å². The molecule has 14 heavy (non-hydrogen) atoms. The number of carboxylic acids is 1. The molecule has 0 aromatic carbocycles. The molecule has 0 bridgehead atoms. The van der Waals surface area contributed by atoms with Crippen LogP contribution >= 0.6 is 0 Å². The predicted molar refractivity (Wildman–Crippen MR) is 55.0 cm³/mol. The first-order chi connectivity index (χ1) is 6.79. The lowest BCUT2D eigenvalue weighted by atomic mass is 9.80. The molecule has 0 amide bonds. The van der Waals surface area contributed by atoms with Gasteiger partial charge in [0.1, 0.15) is 0 Å². The molecular weight excluding hydrogens is 176 g/mol. The maximum absolute atomic E-state index is 11.1. The summed E-state index contributed by atoms with van der Waals surface area (Å²) < 4.78 is 0. The number of carboxylic acid groups (broad SMARTS) is 1. The Hall–Kier alpha value is -0.530. The molecule has 2 fully saturated rings. The highest BCUT2D eigenvalue weighted by molar-refractivity contribution is 5.70. The van der Waals surface area contributed by atoms with Crippen molar-refractivity contribution in [3.63, 3.8) is 0 Å². The zero-order chi connectivity index (χ0) is 9.97. The van der Waals surface area contributed by atoms with Crippen molar-refractivity contribution in [3.05, 3.63) is 0 Å². The fourth-order valence-electron chi connectivity index (χ4n) is 3.39. The maximum atomic E-state index is 11.1. The Labute approximate surface area is 85.7 Å². The molecule has 2 aliphatic rings. The standard InChI is InChI=1S/C12H20O2/c13-12(14)11-8-7-9-5-3-1-2-4-6-10(9)11/h9-11H,1-8H2,(H,13,14). The van der Waals surface area contributed by atoms with Crippen LogP contribution in [0.1, 0.15) is 51.4 Å². The Morgan fingerprint density at radius 1 is 0.929 bits per heavy atom. The molecule has 2 nitrogen and oxygen atoms in total. The Kier molecular flexibility index (Phi) is 3.09. The van der Waals surface area contributed by atoms with Crippen LogP contribution in [-0.4, -0.2) is 11.1 Å². The molecule has 2 saturated carbocycles. The molecule has 80 valence electrons. The third kappa shape index (κ3) is 1.94. The molecule has 0 aromatic heterocycles. The van der Waals surface area contributed by atoms with E-state index in [0.717, 1.165) is 12.3 Å². The molecule has 0 spiro atoms. The summed E-state index contributed by atoms with van der Waals surface area (Å²) in [6.45, 7) is 0. The van der Waals surface area contributed by atoms with Crippen LogP contribution in [0.15, 0.2) is 0 Å². The molecule has 2 aliphatic carbocycles. The first-order valence-corrected chi connectivity index (χ1v) is 6.02. The third-order valence-electron chi connectivity index (χ3n) is 4.15. The van der Waals surface area contributed by atoms with E-state index in [9.17, 15) is 4.79 Å². The summed E-state index contributed by atoms with van der Waals surface area (Å²) >= 11 is 0. The summed E-state index contributed by atoms with van der Waals surface area (Å²) in [7, 11) is 0. The van der Waals surface area contributed by atoms with Crippen molar-refractivity contribution >= 4 is 5.97 Å². The van der Waals surface area contributed by atoms with Gasteiger partial charge in [0.05, 0.1) is 5.92 Å². The molecule has 0 saturated heterocycles. The van der Waals surface area contributed by atoms with Crippen molar-refractivity contribution in [3.8, 4) is 0 Å². The van der Waals surface area contributed by atoms with Gasteiger partial charge < -0.3 is 5.11 Å². The second-order valence-electron chi connectivity index (χ2n) is 4.94. The van der Waals surface area contributed by atoms with Crippen LogP contribution in [0.4, 0.5) is 0 Å². The second-order valence-corrected chi connectivity index (χ2v) is 4.94. The predicted octanol–water partition coefficient (Wildman–Crippen LogP) is 3.07. The largest absolute Gasteiger partial charge is 0.481 e. The summed E-state index contributed by atoms with van der Waals surface area (Å²) in [5.74, 6) is 0.681. The highest BCUT2D eigenvalue weighted by Crippen LogP contribution is 2.44. The zero-order valence-corrected chi connectivity index (χ0v) is 8.74. The summed E-state index contributed by atoms with van der Waals surface area (Å²) in [4.78, 5) is 11.1. The van der Waals surface area contributed by atoms with Gasteiger partial charge in [-0.1, -0.05) is 32.1 Å². The zero-order valence-electron chi connectivity index (χ0n) is 8.74. The van der Waals surface area contributed by atoms with E-state index in [2.05, 4.69) is 0 Å². The molecule has 0 aromatic rings. The Morgan fingerprint density at radius 3 is 2.36 bits per heavy atom. The van der Waals surface area contributed by atoms with Gasteiger partial charge in [-0.2, -0.15) is 0 Å². The molecule has 0 heterocycles. The highest BCUT2D eigenvalue weighted by atomic mass is 16.4. The second kappa shape index (κ2) is 4.33. The normalized spacial score (nSPS) is 38.4. The smallest absolute Gasteiger partial charge is 0.306 e. The molecule has 3 atom stereocenters. The van der Waals surface area contributed by atoms with Crippen LogP contribution in [0, 0.1) is 17.8 Å². The van der Waals surface area contributed by atoms with Crippen molar-refractivity contribution in [2.24, 2.45) is 17.8 Å². The average Bonchev–Trinajstić information content (AvgIpc) is 2.47. The number of fused-ring (bicyclic) bond motifs is 1. The Balaban J connectivity index is 2.02. The van der Waals surface area contributed by atoms with Gasteiger partial charge in [0.25, 0.3) is 0 Å². The van der Waals surface area contributed by atoms with Gasteiger partial charge in [-0.15, -0.1) is 0 Å². The van der Waals surface area contributed by atoms with Crippen LogP contribution in [0.3, 0.4) is 0 Å². The molecule has 0 aliphatic heterocycles. The third-order valence-corrected chi connectivity index (χ3v) is 4.15. The lowest BCUT2D eigenvalue weighted by molar-refractivity contribution is -0.143. The monoisotopic (exact) mass is 196 g/mol. The average molecular weight is 196 g/mol. The van der Waals surface area contributed by atoms with Crippen LogP contribution in [0.2, 0.25) is 0 Å². The Bertz CT molecular complexity index is 212. The molecular formula is C12H20O2. The van der Waals surface area contributed by atoms with E-state index >= 15 is 0 Å². The van der Waals surface area contributed by atoms with Crippen LogP contribution in [-0.2, 0) is 4.79 Å². The van der Waals surface area contributed by atoms with Gasteiger partial charge in [0.15, 0.2) is 0 Å². The quantitative estimate of drug-likeness (QED) is 0.699. The van der Waals surface area contributed by atoms with Gasteiger partial charge in [0, 0.05) is 0 Å². The van der Waals surface area contributed by atoms with E-state index in [0.29, 0.717) is 5.92 Å². The van der Waals surface area contributed by atoms with Gasteiger partial charge in [-0.25, -0.2) is 0 Å². The Morgan fingerprint density at radius 2 is 1.64 bits per heavy atom. The van der Waals surface area contributed by atoms with Crippen LogP contribution in [0.25, 0.3) is 0 Å². The van der Waals surface area contributed by atoms with E-state index in [1.54, 1.807) is 0 Å². The first kappa shape index (κ1) is 10.0. The molecule has 2 rings (SSSR count). The molecule has 3 unspecified atom stereocenters. The lowest BCUT2D eigenvalue weighted by Crippen LogP contribution is -2.23. The fourth-order valence-corrected chi connectivity index (χ4v) is 3.39. The van der Waals surface area contributed by atoms with Crippen molar-refractivity contribution in [1.82, 2.24) is 0 Å². The lowest BCUT2D eigenvalue weighted by Gasteiger charge is -2.25. The SMILES string of the molecule is O=C(O)C1CCC2CCCCCCC21. The number of hydrogen-bond donors (Lipinski definition) is 1. The number of aliphatic carboxylic acids is 1. The maximum Gasteiger partial charge on any atom is 0.306 e. The summed E-state index contributed by atoms with van der Waals surface area (Å²) in [5, 5.41) is 9.11. The van der Waals surface area contributed by atoms with Crippen LogP contribution < -0.4 is 0 Å². The van der Waals surface area contributed by atoms with E-state index in [-0.39, 0.29) is 5.92 Å². The first-order valence-electron chi connectivity index (χ1n) is 6.02. The number of hydrogen-bond acceptors (Lipinski definition) is 1. The molecule has 0 radical (unpaired) electrons. The van der Waals surface area contributed by atoms with E-state index in [1.807, 2.05) is 0 Å². The van der Waals surface area contributed by atoms with Crippen molar-refractivity contribution < 1.29 is 9.90 Å². The van der Waals surface area contributed by atoms with Gasteiger partial charge in [0.2, 0.25) is 0 Å². The van der Waals surface area contributed by atoms with Crippen molar-refractivity contribution in [2.45, 2.75) is 51.4 Å². The highest BCUT2D eigenvalue weighted by Gasteiger charge is 2.39. The topological polar surface area (TPSA) is 37.3 Å². The molecule has 2 heteroatoms. The van der Waals surface area contributed by atoms with Crippen LogP contribution in [0.5, 0.6) is 0 Å². The van der Waals surface area contributed by atoms with Gasteiger partial charge in [-0.3, -0.25) is 4.79 Å². The van der Waals surface area contributed by atoms with Crippen molar-refractivity contribution in [1.29, 1.82) is 0 Å². The fraction of sp³-hybridized carbons (Fsp3) is 0.917. The summed E-state index contributed by atoms with van der Waals surface area (Å²) in [5.41, 5.74) is 0. The molecule has 1 N–H and O–H groups in total. The number of carbonyl (C=O) groups is 1.